The van der Waals surface area contributed by atoms with E-state index < -0.39 is 10.9 Å². The maximum Gasteiger partial charge on any atom is 0.344 e. The first-order valence-electron chi connectivity index (χ1n) is 6.96. The molecule has 2 aromatic carbocycles. The van der Waals surface area contributed by atoms with Crippen LogP contribution in [0.3, 0.4) is 0 Å². The first-order valence-corrected chi connectivity index (χ1v) is 7.34. The lowest BCUT2D eigenvalue weighted by atomic mass is 10.3. The van der Waals surface area contributed by atoms with Gasteiger partial charge in [-0.05, 0) is 24.3 Å². The van der Waals surface area contributed by atoms with Crippen molar-refractivity contribution in [2.24, 2.45) is 0 Å². The molecule has 0 amide bonds. The molecule has 7 nitrogen and oxygen atoms in total. The zero-order valence-electron chi connectivity index (χ0n) is 12.5. The van der Waals surface area contributed by atoms with Crippen molar-refractivity contribution < 1.29 is 23.9 Å². The van der Waals surface area contributed by atoms with Gasteiger partial charge in [0.15, 0.2) is 6.61 Å². The number of carbonyl (C=O) groups is 1. The average molecular weight is 352 g/mol. The Kier molecular flexibility index (Phi) is 6.39. The number of nitro groups is 1. The summed E-state index contributed by atoms with van der Waals surface area (Å²) in [6, 6.07) is 12.4. The summed E-state index contributed by atoms with van der Waals surface area (Å²) in [6.07, 6.45) is 0. The maximum atomic E-state index is 11.5. The second-order valence-electron chi connectivity index (χ2n) is 4.54. The summed E-state index contributed by atoms with van der Waals surface area (Å²) in [5.41, 5.74) is -0.0540. The summed E-state index contributed by atoms with van der Waals surface area (Å²) >= 11 is 5.92. The summed E-state index contributed by atoms with van der Waals surface area (Å²) in [5, 5.41) is 11.0. The number of hydrogen-bond acceptors (Lipinski definition) is 6. The van der Waals surface area contributed by atoms with Gasteiger partial charge in [-0.25, -0.2) is 4.79 Å². The zero-order valence-corrected chi connectivity index (χ0v) is 13.3. The fourth-order valence-electron chi connectivity index (χ4n) is 1.72. The summed E-state index contributed by atoms with van der Waals surface area (Å²) in [6.45, 7) is -0.0927. The first kappa shape index (κ1) is 17.6. The number of nitrogens with zero attached hydrogens (tertiary/aromatic N) is 1. The molecule has 0 aromatic heterocycles. The van der Waals surface area contributed by atoms with E-state index in [-0.39, 0.29) is 25.5 Å². The summed E-state index contributed by atoms with van der Waals surface area (Å²) < 4.78 is 15.5. The molecule has 24 heavy (non-hydrogen) atoms. The zero-order chi connectivity index (χ0) is 17.4. The van der Waals surface area contributed by atoms with E-state index in [0.717, 1.165) is 0 Å². The van der Waals surface area contributed by atoms with Gasteiger partial charge in [0.25, 0.3) is 5.69 Å². The molecule has 126 valence electrons. The number of esters is 1. The highest BCUT2D eigenvalue weighted by Gasteiger charge is 2.07. The van der Waals surface area contributed by atoms with Gasteiger partial charge < -0.3 is 14.2 Å². The molecule has 0 bridgehead atoms. The molecule has 0 unspecified atom stereocenters. The van der Waals surface area contributed by atoms with Gasteiger partial charge in [0.1, 0.15) is 24.7 Å². The highest BCUT2D eigenvalue weighted by atomic mass is 35.5. The molecule has 0 saturated carbocycles. The third-order valence-corrected chi connectivity index (χ3v) is 3.16. The number of carbonyl (C=O) groups excluding carboxylic acids is 1. The van der Waals surface area contributed by atoms with Crippen molar-refractivity contribution in [3.8, 4) is 11.5 Å². The van der Waals surface area contributed by atoms with Crippen molar-refractivity contribution in [1.29, 1.82) is 0 Å². The molecule has 2 aromatic rings. The van der Waals surface area contributed by atoms with Crippen LogP contribution in [0.2, 0.25) is 5.02 Å². The van der Waals surface area contributed by atoms with Gasteiger partial charge in [-0.2, -0.15) is 0 Å². The molecule has 0 N–H and O–H groups in total. The molecule has 0 saturated heterocycles. The van der Waals surface area contributed by atoms with E-state index in [1.54, 1.807) is 24.3 Å². The van der Waals surface area contributed by atoms with Gasteiger partial charge in [0.05, 0.1) is 9.95 Å². The topological polar surface area (TPSA) is 87.9 Å². The summed E-state index contributed by atoms with van der Waals surface area (Å²) in [7, 11) is 0. The van der Waals surface area contributed by atoms with Crippen LogP contribution in [0.5, 0.6) is 11.5 Å². The smallest absolute Gasteiger partial charge is 0.344 e. The second kappa shape index (κ2) is 8.73. The number of ether oxygens (including phenoxy) is 3. The van der Waals surface area contributed by atoms with Gasteiger partial charge in [0.2, 0.25) is 0 Å². The summed E-state index contributed by atoms with van der Waals surface area (Å²) in [5.74, 6) is 0.276. The maximum absolute atomic E-state index is 11.5. The van der Waals surface area contributed by atoms with Gasteiger partial charge in [-0.1, -0.05) is 23.7 Å². The Labute approximate surface area is 142 Å². The molecular weight excluding hydrogens is 338 g/mol. The number of benzene rings is 2. The minimum absolute atomic E-state index is 0.0493. The number of halogens is 1. The Bertz CT molecular complexity index is 704. The molecular formula is C16H14ClNO6. The van der Waals surface area contributed by atoms with Crippen LogP contribution < -0.4 is 9.47 Å². The molecule has 0 aliphatic rings. The minimum Gasteiger partial charge on any atom is -0.488 e. The van der Waals surface area contributed by atoms with Crippen LogP contribution in [0.1, 0.15) is 0 Å². The van der Waals surface area contributed by atoms with Crippen molar-refractivity contribution in [2.45, 2.75) is 0 Å². The molecule has 0 aliphatic heterocycles. The normalized spacial score (nSPS) is 10.0. The summed E-state index contributed by atoms with van der Waals surface area (Å²) in [4.78, 5) is 21.5. The second-order valence-corrected chi connectivity index (χ2v) is 4.95. The van der Waals surface area contributed by atoms with Crippen LogP contribution in [-0.2, 0) is 9.53 Å². The van der Waals surface area contributed by atoms with E-state index in [1.807, 2.05) is 0 Å². The predicted octanol–water partition coefficient (Wildman–Crippen LogP) is 3.25. The van der Waals surface area contributed by atoms with Crippen LogP contribution in [0.25, 0.3) is 0 Å². The molecule has 0 radical (unpaired) electrons. The van der Waals surface area contributed by atoms with E-state index in [1.165, 1.54) is 24.3 Å². The highest BCUT2D eigenvalue weighted by molar-refractivity contribution is 6.32. The Hall–Kier alpha value is -2.80. The van der Waals surface area contributed by atoms with E-state index in [9.17, 15) is 14.9 Å². The minimum atomic E-state index is -0.573. The predicted molar refractivity (Wildman–Crippen MR) is 86.5 cm³/mol. The van der Waals surface area contributed by atoms with Crippen LogP contribution in [0, 0.1) is 10.1 Å². The van der Waals surface area contributed by atoms with Gasteiger partial charge in [-0.3, -0.25) is 10.1 Å². The van der Waals surface area contributed by atoms with Gasteiger partial charge >= 0.3 is 5.97 Å². The molecule has 0 atom stereocenters. The SMILES string of the molecule is O=C(COc1ccc([N+](=O)[O-])cc1)OCCOc1ccccc1Cl. The molecule has 0 spiro atoms. The number of nitro benzene ring substituents is 1. The number of rotatable bonds is 8. The number of hydrogen-bond donors (Lipinski definition) is 0. The molecule has 2 rings (SSSR count). The molecule has 0 heterocycles. The first-order chi connectivity index (χ1) is 11.6. The van der Waals surface area contributed by atoms with E-state index >= 15 is 0 Å². The van der Waals surface area contributed by atoms with Crippen molar-refractivity contribution in [2.75, 3.05) is 19.8 Å². The Morgan fingerprint density at radius 1 is 1.04 bits per heavy atom. The van der Waals surface area contributed by atoms with Crippen molar-refractivity contribution in [3.05, 3.63) is 63.7 Å². The van der Waals surface area contributed by atoms with Crippen LogP contribution in [0.4, 0.5) is 5.69 Å². The van der Waals surface area contributed by atoms with Gasteiger partial charge in [-0.15, -0.1) is 0 Å². The third kappa shape index (κ3) is 5.44. The van der Waals surface area contributed by atoms with Crippen LogP contribution in [-0.4, -0.2) is 30.7 Å². The largest absolute Gasteiger partial charge is 0.488 e. The molecule has 0 fully saturated rings. The lowest BCUT2D eigenvalue weighted by Gasteiger charge is -2.09. The fraction of sp³-hybridized carbons (Fsp3) is 0.188. The lowest BCUT2D eigenvalue weighted by Crippen LogP contribution is -2.18. The van der Waals surface area contributed by atoms with Crippen molar-refractivity contribution in [1.82, 2.24) is 0 Å². The average Bonchev–Trinajstić information content (AvgIpc) is 2.58. The fourth-order valence-corrected chi connectivity index (χ4v) is 1.91. The van der Waals surface area contributed by atoms with Crippen LogP contribution >= 0.6 is 11.6 Å². The molecule has 8 heteroatoms. The van der Waals surface area contributed by atoms with Crippen LogP contribution in [0.15, 0.2) is 48.5 Å². The van der Waals surface area contributed by atoms with Gasteiger partial charge in [0, 0.05) is 12.1 Å². The van der Waals surface area contributed by atoms with E-state index in [0.29, 0.717) is 16.5 Å². The quantitative estimate of drug-likeness (QED) is 0.314. The number of non-ortho nitro benzene ring substituents is 1. The standard InChI is InChI=1S/C16H14ClNO6/c17-14-3-1-2-4-15(14)22-9-10-23-16(19)11-24-13-7-5-12(6-8-13)18(20)21/h1-8H,9-11H2. The number of para-hydroxylation sites is 1. The van der Waals surface area contributed by atoms with E-state index in [2.05, 4.69) is 0 Å². The monoisotopic (exact) mass is 351 g/mol. The Morgan fingerprint density at radius 2 is 1.75 bits per heavy atom. The Morgan fingerprint density at radius 3 is 2.42 bits per heavy atom. The highest BCUT2D eigenvalue weighted by Crippen LogP contribution is 2.22. The lowest BCUT2D eigenvalue weighted by molar-refractivity contribution is -0.384. The molecule has 0 aliphatic carbocycles. The Balaban J connectivity index is 1.66. The third-order valence-electron chi connectivity index (χ3n) is 2.84. The van der Waals surface area contributed by atoms with Crippen molar-refractivity contribution in [3.63, 3.8) is 0 Å². The van der Waals surface area contributed by atoms with E-state index in [4.69, 9.17) is 25.8 Å². The van der Waals surface area contributed by atoms with Crippen molar-refractivity contribution >= 4 is 23.3 Å².